The standard InChI is InChI=1S/C13H13ClFN3O2/c1-2-3-11-12(13(19)20)16-17-18(11)7-8-4-5-9(14)10(15)6-8/h4-6H,2-3,7H2,1H3,(H,19,20). The Labute approximate surface area is 120 Å². The monoisotopic (exact) mass is 297 g/mol. The van der Waals surface area contributed by atoms with E-state index in [4.69, 9.17) is 16.7 Å². The molecule has 5 nitrogen and oxygen atoms in total. The fourth-order valence-electron chi connectivity index (χ4n) is 1.92. The van der Waals surface area contributed by atoms with Gasteiger partial charge in [-0.1, -0.05) is 36.2 Å². The molecule has 0 fully saturated rings. The van der Waals surface area contributed by atoms with Crippen molar-refractivity contribution >= 4 is 17.6 Å². The van der Waals surface area contributed by atoms with Crippen LogP contribution >= 0.6 is 11.6 Å². The van der Waals surface area contributed by atoms with Gasteiger partial charge in [-0.05, 0) is 24.1 Å². The summed E-state index contributed by atoms with van der Waals surface area (Å²) in [5.74, 6) is -1.62. The smallest absolute Gasteiger partial charge is 0.358 e. The van der Waals surface area contributed by atoms with Crippen molar-refractivity contribution in [2.75, 3.05) is 0 Å². The van der Waals surface area contributed by atoms with Gasteiger partial charge in [0, 0.05) is 0 Å². The number of rotatable bonds is 5. The molecule has 0 amide bonds. The average Bonchev–Trinajstić information content (AvgIpc) is 2.78. The molecule has 0 spiro atoms. The van der Waals surface area contributed by atoms with Gasteiger partial charge in [0.25, 0.3) is 0 Å². The van der Waals surface area contributed by atoms with Crippen molar-refractivity contribution in [2.24, 2.45) is 0 Å². The van der Waals surface area contributed by atoms with Crippen LogP contribution in [0.1, 0.15) is 35.1 Å². The van der Waals surface area contributed by atoms with Crippen molar-refractivity contribution in [3.63, 3.8) is 0 Å². The first kappa shape index (κ1) is 14.5. The second-order valence-corrected chi connectivity index (χ2v) is 4.75. The average molecular weight is 298 g/mol. The normalized spacial score (nSPS) is 10.8. The van der Waals surface area contributed by atoms with Gasteiger partial charge in [-0.2, -0.15) is 0 Å². The molecule has 7 heteroatoms. The van der Waals surface area contributed by atoms with Crippen LogP contribution in [0.5, 0.6) is 0 Å². The van der Waals surface area contributed by atoms with Crippen molar-refractivity contribution in [3.05, 3.63) is 46.0 Å². The molecule has 0 aliphatic heterocycles. The Hall–Kier alpha value is -1.95. The predicted octanol–water partition coefficient (Wildman–Crippen LogP) is 2.77. The minimum Gasteiger partial charge on any atom is -0.476 e. The zero-order chi connectivity index (χ0) is 14.7. The molecule has 2 aromatic rings. The number of nitrogens with zero attached hydrogens (tertiary/aromatic N) is 3. The molecule has 0 unspecified atom stereocenters. The lowest BCUT2D eigenvalue weighted by atomic mass is 10.2. The van der Waals surface area contributed by atoms with Crippen molar-refractivity contribution in [3.8, 4) is 0 Å². The van der Waals surface area contributed by atoms with E-state index in [9.17, 15) is 9.18 Å². The lowest BCUT2D eigenvalue weighted by Crippen LogP contribution is -2.09. The molecule has 0 saturated carbocycles. The molecule has 106 valence electrons. The number of hydrogen-bond acceptors (Lipinski definition) is 3. The summed E-state index contributed by atoms with van der Waals surface area (Å²) in [6, 6.07) is 4.43. The summed E-state index contributed by atoms with van der Waals surface area (Å²) in [5.41, 5.74) is 1.13. The number of benzene rings is 1. The molecule has 0 aliphatic carbocycles. The third kappa shape index (κ3) is 2.96. The first-order valence-electron chi connectivity index (χ1n) is 6.12. The van der Waals surface area contributed by atoms with E-state index in [-0.39, 0.29) is 17.3 Å². The molecule has 0 saturated heterocycles. The molecule has 0 aliphatic rings. The lowest BCUT2D eigenvalue weighted by Gasteiger charge is -2.07. The number of carbonyl (C=O) groups is 1. The van der Waals surface area contributed by atoms with Crippen molar-refractivity contribution in [1.29, 1.82) is 0 Å². The highest BCUT2D eigenvalue weighted by molar-refractivity contribution is 6.30. The SMILES string of the molecule is CCCc1c(C(=O)O)nnn1Cc1ccc(Cl)c(F)c1. The Bertz CT molecular complexity index is 643. The van der Waals surface area contributed by atoms with Crippen molar-refractivity contribution in [2.45, 2.75) is 26.3 Å². The summed E-state index contributed by atoms with van der Waals surface area (Å²) in [6.07, 6.45) is 1.31. The van der Waals surface area contributed by atoms with Crippen LogP contribution < -0.4 is 0 Å². The highest BCUT2D eigenvalue weighted by atomic mass is 35.5. The topological polar surface area (TPSA) is 68.0 Å². The predicted molar refractivity (Wildman–Crippen MR) is 71.5 cm³/mol. The minimum atomic E-state index is -1.11. The van der Waals surface area contributed by atoms with Crippen LogP contribution in [-0.2, 0) is 13.0 Å². The molecule has 0 bridgehead atoms. The molecule has 20 heavy (non-hydrogen) atoms. The maximum absolute atomic E-state index is 13.4. The zero-order valence-corrected chi connectivity index (χ0v) is 11.6. The summed E-state index contributed by atoms with van der Waals surface area (Å²) in [7, 11) is 0. The van der Waals surface area contributed by atoms with Gasteiger partial charge in [-0.15, -0.1) is 5.10 Å². The van der Waals surface area contributed by atoms with Gasteiger partial charge in [-0.25, -0.2) is 13.9 Å². The fraction of sp³-hybridized carbons (Fsp3) is 0.308. The molecule has 1 aromatic heterocycles. The van der Waals surface area contributed by atoms with E-state index in [1.807, 2.05) is 6.92 Å². The van der Waals surface area contributed by atoms with Crippen LogP contribution in [0.2, 0.25) is 5.02 Å². The van der Waals surface area contributed by atoms with Crippen LogP contribution in [-0.4, -0.2) is 26.1 Å². The molecule has 1 aromatic carbocycles. The molecular formula is C13H13ClFN3O2. The Morgan fingerprint density at radius 1 is 1.50 bits per heavy atom. The third-order valence-corrected chi connectivity index (χ3v) is 3.15. The highest BCUT2D eigenvalue weighted by Gasteiger charge is 2.18. The Kier molecular flexibility index (Phi) is 4.34. The lowest BCUT2D eigenvalue weighted by molar-refractivity contribution is 0.0689. The van der Waals surface area contributed by atoms with Gasteiger partial charge in [0.1, 0.15) is 5.82 Å². The molecule has 2 rings (SSSR count). The second-order valence-electron chi connectivity index (χ2n) is 4.35. The largest absolute Gasteiger partial charge is 0.476 e. The van der Waals surface area contributed by atoms with E-state index in [2.05, 4.69) is 10.3 Å². The summed E-state index contributed by atoms with van der Waals surface area (Å²) in [4.78, 5) is 11.1. The summed E-state index contributed by atoms with van der Waals surface area (Å²) in [5, 5.41) is 16.6. The number of carboxylic acid groups (broad SMARTS) is 1. The first-order valence-corrected chi connectivity index (χ1v) is 6.50. The van der Waals surface area contributed by atoms with Gasteiger partial charge >= 0.3 is 5.97 Å². The Balaban J connectivity index is 2.32. The van der Waals surface area contributed by atoms with Crippen LogP contribution in [0.15, 0.2) is 18.2 Å². The second kappa shape index (κ2) is 6.00. The Morgan fingerprint density at radius 3 is 2.85 bits per heavy atom. The third-order valence-electron chi connectivity index (χ3n) is 2.84. The first-order chi connectivity index (χ1) is 9.52. The zero-order valence-electron chi connectivity index (χ0n) is 10.8. The number of aromatic carboxylic acids is 1. The molecule has 0 atom stereocenters. The molecule has 1 heterocycles. The number of hydrogen-bond donors (Lipinski definition) is 1. The van der Waals surface area contributed by atoms with E-state index in [1.165, 1.54) is 16.8 Å². The summed E-state index contributed by atoms with van der Waals surface area (Å²) < 4.78 is 14.9. The van der Waals surface area contributed by atoms with E-state index < -0.39 is 11.8 Å². The van der Waals surface area contributed by atoms with E-state index in [1.54, 1.807) is 6.07 Å². The molecular weight excluding hydrogens is 285 g/mol. The van der Waals surface area contributed by atoms with Gasteiger partial charge in [0.2, 0.25) is 0 Å². The van der Waals surface area contributed by atoms with E-state index in [0.717, 1.165) is 6.42 Å². The quantitative estimate of drug-likeness (QED) is 0.921. The number of carboxylic acids is 1. The summed E-state index contributed by atoms with van der Waals surface area (Å²) in [6.45, 7) is 2.19. The summed E-state index contributed by atoms with van der Waals surface area (Å²) >= 11 is 5.62. The van der Waals surface area contributed by atoms with Crippen molar-refractivity contribution in [1.82, 2.24) is 15.0 Å². The highest BCUT2D eigenvalue weighted by Crippen LogP contribution is 2.17. The van der Waals surface area contributed by atoms with Crippen LogP contribution in [0.25, 0.3) is 0 Å². The van der Waals surface area contributed by atoms with Gasteiger partial charge in [0.15, 0.2) is 5.69 Å². The van der Waals surface area contributed by atoms with E-state index >= 15 is 0 Å². The van der Waals surface area contributed by atoms with Gasteiger partial charge in [-0.3, -0.25) is 0 Å². The van der Waals surface area contributed by atoms with Gasteiger partial charge < -0.3 is 5.11 Å². The van der Waals surface area contributed by atoms with Gasteiger partial charge in [0.05, 0.1) is 17.3 Å². The fourth-order valence-corrected chi connectivity index (χ4v) is 2.04. The number of halogens is 2. The van der Waals surface area contributed by atoms with Crippen LogP contribution in [0.3, 0.4) is 0 Å². The number of aromatic nitrogens is 3. The van der Waals surface area contributed by atoms with Crippen LogP contribution in [0, 0.1) is 5.82 Å². The van der Waals surface area contributed by atoms with Crippen molar-refractivity contribution < 1.29 is 14.3 Å². The molecule has 0 radical (unpaired) electrons. The molecule has 1 N–H and O–H groups in total. The minimum absolute atomic E-state index is 0.0485. The maximum Gasteiger partial charge on any atom is 0.358 e. The maximum atomic E-state index is 13.4. The Morgan fingerprint density at radius 2 is 2.25 bits per heavy atom. The van der Waals surface area contributed by atoms with Crippen LogP contribution in [0.4, 0.5) is 4.39 Å². The van der Waals surface area contributed by atoms with E-state index in [0.29, 0.717) is 17.7 Å².